The Morgan fingerprint density at radius 1 is 1.33 bits per heavy atom. The number of piperazine rings is 1. The molecule has 7 nitrogen and oxygen atoms in total. The maximum absolute atomic E-state index is 12.7. The Kier molecular flexibility index (Phi) is 5.57. The van der Waals surface area contributed by atoms with Gasteiger partial charge < -0.3 is 19.9 Å². The minimum absolute atomic E-state index is 0.126. The van der Waals surface area contributed by atoms with Crippen LogP contribution in [0.2, 0.25) is 0 Å². The van der Waals surface area contributed by atoms with Crippen molar-refractivity contribution >= 4 is 23.6 Å². The van der Waals surface area contributed by atoms with Gasteiger partial charge in [0.25, 0.3) is 5.91 Å². The molecule has 0 saturated carbocycles. The van der Waals surface area contributed by atoms with E-state index in [2.05, 4.69) is 11.9 Å². The molecule has 1 heterocycles. The molecule has 0 unspecified atom stereocenters. The molecule has 24 heavy (non-hydrogen) atoms. The minimum Gasteiger partial charge on any atom is -0.453 e. The molecule has 0 spiro atoms. The van der Waals surface area contributed by atoms with Crippen molar-refractivity contribution in [3.05, 3.63) is 42.5 Å². The van der Waals surface area contributed by atoms with Crippen molar-refractivity contribution in [1.29, 1.82) is 0 Å². The zero-order chi connectivity index (χ0) is 17.7. The van der Waals surface area contributed by atoms with Gasteiger partial charge in [0, 0.05) is 36.9 Å². The molecule has 1 aliphatic heterocycles. The molecule has 1 fully saturated rings. The molecule has 1 N–H and O–H groups in total. The predicted octanol–water partition coefficient (Wildman–Crippen LogP) is 1.72. The molecule has 0 radical (unpaired) electrons. The number of carbonyl (C=O) groups excluding carboxylic acids is 3. The molecule has 0 aliphatic carbocycles. The van der Waals surface area contributed by atoms with Gasteiger partial charge in [-0.05, 0) is 31.2 Å². The molecule has 0 bridgehead atoms. The highest BCUT2D eigenvalue weighted by Gasteiger charge is 2.30. The van der Waals surface area contributed by atoms with Gasteiger partial charge in [0.2, 0.25) is 5.91 Å². The first-order chi connectivity index (χ1) is 11.5. The fourth-order valence-corrected chi connectivity index (χ4v) is 2.64. The van der Waals surface area contributed by atoms with Crippen molar-refractivity contribution in [2.75, 3.05) is 32.1 Å². The predicted molar refractivity (Wildman–Crippen MR) is 89.7 cm³/mol. The number of amides is 3. The lowest BCUT2D eigenvalue weighted by molar-refractivity contribution is -0.111. The number of benzene rings is 1. The number of hydrogen-bond acceptors (Lipinski definition) is 4. The zero-order valence-electron chi connectivity index (χ0n) is 13.8. The average molecular weight is 331 g/mol. The monoisotopic (exact) mass is 331 g/mol. The highest BCUT2D eigenvalue weighted by molar-refractivity contribution is 6.00. The van der Waals surface area contributed by atoms with E-state index in [0.717, 1.165) is 0 Å². The first kappa shape index (κ1) is 17.5. The third-order valence-corrected chi connectivity index (χ3v) is 3.89. The molecule has 128 valence electrons. The summed E-state index contributed by atoms with van der Waals surface area (Å²) in [5.74, 6) is -0.471. The van der Waals surface area contributed by atoms with Gasteiger partial charge in [0.15, 0.2) is 0 Å². The van der Waals surface area contributed by atoms with E-state index in [9.17, 15) is 14.4 Å². The minimum atomic E-state index is -0.385. The summed E-state index contributed by atoms with van der Waals surface area (Å²) in [6.07, 6.45) is 0.783. The topological polar surface area (TPSA) is 79.0 Å². The number of nitrogens with one attached hydrogen (secondary N) is 1. The highest BCUT2D eigenvalue weighted by atomic mass is 16.5. The van der Waals surface area contributed by atoms with Crippen LogP contribution in [0.1, 0.15) is 17.3 Å². The second-order valence-corrected chi connectivity index (χ2v) is 5.54. The van der Waals surface area contributed by atoms with E-state index < -0.39 is 0 Å². The number of methoxy groups -OCH3 is 1. The van der Waals surface area contributed by atoms with Gasteiger partial charge in [-0.1, -0.05) is 12.6 Å². The van der Waals surface area contributed by atoms with Crippen molar-refractivity contribution in [3.8, 4) is 0 Å². The summed E-state index contributed by atoms with van der Waals surface area (Å²) in [5, 5.41) is 2.63. The molecular formula is C17H21N3O4. The molecule has 2 rings (SSSR count). The van der Waals surface area contributed by atoms with Crippen molar-refractivity contribution in [1.82, 2.24) is 9.80 Å². The smallest absolute Gasteiger partial charge is 0.409 e. The number of carbonyl (C=O) groups is 3. The Morgan fingerprint density at radius 2 is 2.08 bits per heavy atom. The van der Waals surface area contributed by atoms with Gasteiger partial charge in [-0.3, -0.25) is 9.59 Å². The molecule has 0 aromatic heterocycles. The Hall–Kier alpha value is -2.83. The van der Waals surface area contributed by atoms with E-state index in [-0.39, 0.29) is 23.9 Å². The second-order valence-electron chi connectivity index (χ2n) is 5.54. The second kappa shape index (κ2) is 7.63. The summed E-state index contributed by atoms with van der Waals surface area (Å²) in [6, 6.07) is 6.61. The Morgan fingerprint density at radius 3 is 2.71 bits per heavy atom. The number of nitrogens with zero attached hydrogens (tertiary/aromatic N) is 2. The van der Waals surface area contributed by atoms with Crippen LogP contribution in [0.3, 0.4) is 0 Å². The summed E-state index contributed by atoms with van der Waals surface area (Å²) in [5.41, 5.74) is 1.02. The number of hydrogen-bond donors (Lipinski definition) is 1. The lowest BCUT2D eigenvalue weighted by Gasteiger charge is -2.38. The van der Waals surface area contributed by atoms with E-state index in [1.807, 2.05) is 6.92 Å². The number of ether oxygens (including phenoxy) is 1. The summed E-state index contributed by atoms with van der Waals surface area (Å²) in [6.45, 7) is 6.55. The highest BCUT2D eigenvalue weighted by Crippen LogP contribution is 2.17. The lowest BCUT2D eigenvalue weighted by atomic mass is 10.1. The Labute approximate surface area is 140 Å². The van der Waals surface area contributed by atoms with Crippen molar-refractivity contribution < 1.29 is 19.1 Å². The maximum atomic E-state index is 12.7. The Balaban J connectivity index is 2.07. The van der Waals surface area contributed by atoms with Gasteiger partial charge in [0.05, 0.1) is 7.11 Å². The molecule has 1 atom stereocenters. The largest absolute Gasteiger partial charge is 0.453 e. The van der Waals surface area contributed by atoms with E-state index >= 15 is 0 Å². The molecule has 3 amide bonds. The van der Waals surface area contributed by atoms with E-state index in [4.69, 9.17) is 4.74 Å². The van der Waals surface area contributed by atoms with E-state index in [0.29, 0.717) is 30.9 Å². The summed E-state index contributed by atoms with van der Waals surface area (Å²) < 4.78 is 4.74. The maximum Gasteiger partial charge on any atom is 0.409 e. The van der Waals surface area contributed by atoms with Gasteiger partial charge >= 0.3 is 6.09 Å². The van der Waals surface area contributed by atoms with Crippen molar-refractivity contribution in [3.63, 3.8) is 0 Å². The molecule has 1 saturated heterocycles. The first-order valence-electron chi connectivity index (χ1n) is 7.63. The van der Waals surface area contributed by atoms with Crippen molar-refractivity contribution in [2.45, 2.75) is 13.0 Å². The van der Waals surface area contributed by atoms with Crippen molar-refractivity contribution in [2.24, 2.45) is 0 Å². The van der Waals surface area contributed by atoms with Crippen LogP contribution < -0.4 is 5.32 Å². The van der Waals surface area contributed by atoms with Crippen LogP contribution in [0.25, 0.3) is 0 Å². The SMILES string of the molecule is C=CC(=O)Nc1cccc(C(=O)N2CCN(C(=O)OC)[C@@H](C)C2)c1. The van der Waals surface area contributed by atoms with E-state index in [1.54, 1.807) is 34.1 Å². The van der Waals surface area contributed by atoms with E-state index in [1.165, 1.54) is 13.2 Å². The summed E-state index contributed by atoms with van der Waals surface area (Å²) in [7, 11) is 1.34. The average Bonchev–Trinajstić information content (AvgIpc) is 2.60. The standard InChI is InChI=1S/C17H21N3O4/c1-4-15(21)18-14-7-5-6-13(10-14)16(22)19-8-9-20(12(2)11-19)17(23)24-3/h4-7,10,12H,1,8-9,11H2,2-3H3,(H,18,21)/t12-/m0/s1. The van der Waals surface area contributed by atoms with Gasteiger partial charge in [-0.2, -0.15) is 0 Å². The summed E-state index contributed by atoms with van der Waals surface area (Å²) in [4.78, 5) is 39.0. The first-order valence-corrected chi connectivity index (χ1v) is 7.63. The quantitative estimate of drug-likeness (QED) is 0.856. The third kappa shape index (κ3) is 3.92. The number of rotatable bonds is 3. The molecule has 1 aromatic rings. The zero-order valence-corrected chi connectivity index (χ0v) is 13.8. The van der Waals surface area contributed by atoms with Crippen LogP contribution in [0.15, 0.2) is 36.9 Å². The van der Waals surface area contributed by atoms with Gasteiger partial charge in [-0.15, -0.1) is 0 Å². The van der Waals surface area contributed by atoms with Gasteiger partial charge in [0.1, 0.15) is 0 Å². The van der Waals surface area contributed by atoms with Crippen LogP contribution in [0, 0.1) is 0 Å². The molecule has 1 aromatic carbocycles. The van der Waals surface area contributed by atoms with Gasteiger partial charge in [-0.25, -0.2) is 4.79 Å². The lowest BCUT2D eigenvalue weighted by Crippen LogP contribution is -2.55. The third-order valence-electron chi connectivity index (χ3n) is 3.89. The molecule has 7 heteroatoms. The van der Waals surface area contributed by atoms with Crippen LogP contribution in [-0.2, 0) is 9.53 Å². The molecule has 1 aliphatic rings. The van der Waals surface area contributed by atoms with Crippen LogP contribution >= 0.6 is 0 Å². The van der Waals surface area contributed by atoms with Crippen LogP contribution in [0.4, 0.5) is 10.5 Å². The summed E-state index contributed by atoms with van der Waals surface area (Å²) >= 11 is 0. The normalized spacial score (nSPS) is 17.2. The fraction of sp³-hybridized carbons (Fsp3) is 0.353. The number of anilines is 1. The van der Waals surface area contributed by atoms with Crippen LogP contribution in [-0.4, -0.2) is 60.5 Å². The fourth-order valence-electron chi connectivity index (χ4n) is 2.64. The Bertz CT molecular complexity index is 659. The van der Waals surface area contributed by atoms with Crippen LogP contribution in [0.5, 0.6) is 0 Å². The molecular weight excluding hydrogens is 310 g/mol.